The highest BCUT2D eigenvalue weighted by Gasteiger charge is 2.54. The van der Waals surface area contributed by atoms with Gasteiger partial charge in [-0.25, -0.2) is 0 Å². The predicted molar refractivity (Wildman–Crippen MR) is 59.7 cm³/mol. The highest BCUT2D eigenvalue weighted by atomic mass is 16.3. The summed E-state index contributed by atoms with van der Waals surface area (Å²) >= 11 is 0. The number of aliphatic hydroxyl groups excluding tert-OH is 1. The van der Waals surface area contributed by atoms with Crippen molar-refractivity contribution in [2.75, 3.05) is 13.2 Å². The summed E-state index contributed by atoms with van der Waals surface area (Å²) in [5.41, 5.74) is -1.20. The summed E-state index contributed by atoms with van der Waals surface area (Å²) in [6.07, 6.45) is 4.86. The molecule has 4 heteroatoms. The summed E-state index contributed by atoms with van der Waals surface area (Å²) in [6, 6.07) is 0. The van der Waals surface area contributed by atoms with Crippen molar-refractivity contribution in [2.24, 2.45) is 17.8 Å². The van der Waals surface area contributed by atoms with Crippen molar-refractivity contribution in [3.63, 3.8) is 0 Å². The molecule has 2 fully saturated rings. The van der Waals surface area contributed by atoms with Crippen LogP contribution in [-0.4, -0.2) is 34.9 Å². The summed E-state index contributed by atoms with van der Waals surface area (Å²) in [7, 11) is 0. The van der Waals surface area contributed by atoms with Gasteiger partial charge in [0.05, 0.1) is 6.61 Å². The van der Waals surface area contributed by atoms with Gasteiger partial charge in [-0.1, -0.05) is 12.8 Å². The molecule has 2 saturated carbocycles. The second kappa shape index (κ2) is 4.34. The standard InChI is InChI=1S/C12H21NO3/c1-12(16,7-14)6-13-11(15)10-8-4-2-3-5-9(8)10/h8-10,14,16H,2-7H2,1H3,(H,13,15). The van der Waals surface area contributed by atoms with Crippen molar-refractivity contribution in [1.82, 2.24) is 5.32 Å². The normalized spacial score (nSPS) is 36.1. The van der Waals surface area contributed by atoms with Crippen molar-refractivity contribution in [3.05, 3.63) is 0 Å². The van der Waals surface area contributed by atoms with Crippen LogP contribution in [0.15, 0.2) is 0 Å². The molecular formula is C12H21NO3. The Bertz CT molecular complexity index is 265. The van der Waals surface area contributed by atoms with Gasteiger partial charge in [-0.3, -0.25) is 4.79 Å². The maximum absolute atomic E-state index is 11.8. The van der Waals surface area contributed by atoms with Crippen LogP contribution in [0.1, 0.15) is 32.6 Å². The van der Waals surface area contributed by atoms with Gasteiger partial charge in [0.25, 0.3) is 0 Å². The zero-order valence-corrected chi connectivity index (χ0v) is 9.78. The van der Waals surface area contributed by atoms with Gasteiger partial charge in [0.2, 0.25) is 5.91 Å². The van der Waals surface area contributed by atoms with Gasteiger partial charge in [-0.05, 0) is 31.6 Å². The summed E-state index contributed by atoms with van der Waals surface area (Å²) in [4.78, 5) is 11.8. The van der Waals surface area contributed by atoms with Gasteiger partial charge in [0.1, 0.15) is 5.60 Å². The zero-order valence-electron chi connectivity index (χ0n) is 9.78. The maximum atomic E-state index is 11.8. The van der Waals surface area contributed by atoms with Crippen LogP contribution in [0.2, 0.25) is 0 Å². The van der Waals surface area contributed by atoms with Gasteiger partial charge < -0.3 is 15.5 Å². The monoisotopic (exact) mass is 227 g/mol. The Morgan fingerprint density at radius 2 is 1.94 bits per heavy atom. The first-order chi connectivity index (χ1) is 7.55. The third-order valence-electron chi connectivity index (χ3n) is 3.94. The number of hydrogen-bond donors (Lipinski definition) is 3. The average molecular weight is 227 g/mol. The lowest BCUT2D eigenvalue weighted by Gasteiger charge is -2.20. The SMILES string of the molecule is CC(O)(CO)CNC(=O)C1C2CCCCC21. The highest BCUT2D eigenvalue weighted by Crippen LogP contribution is 2.55. The predicted octanol–water partition coefficient (Wildman–Crippen LogP) is 0.282. The van der Waals surface area contributed by atoms with Crippen LogP contribution in [0, 0.1) is 17.8 Å². The first-order valence-electron chi connectivity index (χ1n) is 6.16. The molecule has 3 atom stereocenters. The molecule has 0 aromatic carbocycles. The largest absolute Gasteiger partial charge is 0.393 e. The topological polar surface area (TPSA) is 69.6 Å². The van der Waals surface area contributed by atoms with E-state index in [1.54, 1.807) is 0 Å². The fourth-order valence-corrected chi connectivity index (χ4v) is 2.83. The molecule has 92 valence electrons. The number of nitrogens with one attached hydrogen (secondary N) is 1. The van der Waals surface area contributed by atoms with Crippen molar-refractivity contribution < 1.29 is 15.0 Å². The molecule has 1 amide bonds. The van der Waals surface area contributed by atoms with E-state index in [1.165, 1.54) is 32.6 Å². The van der Waals surface area contributed by atoms with Crippen molar-refractivity contribution >= 4 is 5.91 Å². The molecule has 0 aromatic rings. The molecule has 3 unspecified atom stereocenters. The van der Waals surface area contributed by atoms with Gasteiger partial charge >= 0.3 is 0 Å². The van der Waals surface area contributed by atoms with Crippen LogP contribution in [0.25, 0.3) is 0 Å². The summed E-state index contributed by atoms with van der Waals surface area (Å²) < 4.78 is 0. The number of hydrogen-bond acceptors (Lipinski definition) is 3. The molecule has 0 saturated heterocycles. The van der Waals surface area contributed by atoms with E-state index < -0.39 is 5.60 Å². The molecule has 2 aliphatic carbocycles. The minimum absolute atomic E-state index is 0.0608. The minimum Gasteiger partial charge on any atom is -0.393 e. The zero-order chi connectivity index (χ0) is 11.8. The molecule has 0 aliphatic heterocycles. The number of aliphatic hydroxyl groups is 2. The summed E-state index contributed by atoms with van der Waals surface area (Å²) in [6.45, 7) is 1.33. The lowest BCUT2D eigenvalue weighted by Crippen LogP contribution is -2.44. The van der Waals surface area contributed by atoms with Crippen LogP contribution >= 0.6 is 0 Å². The third kappa shape index (κ3) is 2.38. The number of amides is 1. The van der Waals surface area contributed by atoms with Gasteiger partial charge in [-0.2, -0.15) is 0 Å². The summed E-state index contributed by atoms with van der Waals surface area (Å²) in [5, 5.41) is 21.2. The molecule has 0 bridgehead atoms. The molecule has 0 heterocycles. The Morgan fingerprint density at radius 3 is 2.44 bits per heavy atom. The number of carbonyl (C=O) groups excluding carboxylic acids is 1. The van der Waals surface area contributed by atoms with E-state index in [-0.39, 0.29) is 25.0 Å². The first kappa shape index (κ1) is 11.9. The molecular weight excluding hydrogens is 206 g/mol. The fourth-order valence-electron chi connectivity index (χ4n) is 2.83. The van der Waals surface area contributed by atoms with Crippen molar-refractivity contribution in [3.8, 4) is 0 Å². The van der Waals surface area contributed by atoms with Gasteiger partial charge in [0.15, 0.2) is 0 Å². The van der Waals surface area contributed by atoms with E-state index in [1.807, 2.05) is 0 Å². The van der Waals surface area contributed by atoms with Crippen LogP contribution in [0.5, 0.6) is 0 Å². The molecule has 3 N–H and O–H groups in total. The second-order valence-corrected chi connectivity index (χ2v) is 5.51. The Hall–Kier alpha value is -0.610. The molecule has 16 heavy (non-hydrogen) atoms. The van der Waals surface area contributed by atoms with E-state index >= 15 is 0 Å². The quantitative estimate of drug-likeness (QED) is 0.646. The van der Waals surface area contributed by atoms with Crippen LogP contribution in [-0.2, 0) is 4.79 Å². The van der Waals surface area contributed by atoms with E-state index in [0.717, 1.165) is 0 Å². The Balaban J connectivity index is 1.77. The van der Waals surface area contributed by atoms with E-state index in [0.29, 0.717) is 11.8 Å². The maximum Gasteiger partial charge on any atom is 0.223 e. The van der Waals surface area contributed by atoms with Crippen LogP contribution in [0.4, 0.5) is 0 Å². The molecule has 0 spiro atoms. The molecule has 2 aliphatic rings. The van der Waals surface area contributed by atoms with Crippen LogP contribution in [0.3, 0.4) is 0 Å². The van der Waals surface area contributed by atoms with Crippen molar-refractivity contribution in [1.29, 1.82) is 0 Å². The van der Waals surface area contributed by atoms with Gasteiger partial charge in [-0.15, -0.1) is 0 Å². The molecule has 4 nitrogen and oxygen atoms in total. The lowest BCUT2D eigenvalue weighted by atomic mass is 10.0. The number of carbonyl (C=O) groups is 1. The molecule has 2 rings (SSSR count). The lowest BCUT2D eigenvalue weighted by molar-refractivity contribution is -0.124. The highest BCUT2D eigenvalue weighted by molar-refractivity contribution is 5.82. The average Bonchev–Trinajstić information content (AvgIpc) is 3.00. The minimum atomic E-state index is -1.20. The van der Waals surface area contributed by atoms with Crippen LogP contribution < -0.4 is 5.32 Å². The Kier molecular flexibility index (Phi) is 3.22. The third-order valence-corrected chi connectivity index (χ3v) is 3.94. The molecule has 0 radical (unpaired) electrons. The Labute approximate surface area is 96.0 Å². The number of rotatable bonds is 4. The van der Waals surface area contributed by atoms with Crippen molar-refractivity contribution in [2.45, 2.75) is 38.2 Å². The second-order valence-electron chi connectivity index (χ2n) is 5.51. The Morgan fingerprint density at radius 1 is 1.38 bits per heavy atom. The van der Waals surface area contributed by atoms with E-state index in [2.05, 4.69) is 5.32 Å². The van der Waals surface area contributed by atoms with E-state index in [4.69, 9.17) is 5.11 Å². The smallest absolute Gasteiger partial charge is 0.223 e. The van der Waals surface area contributed by atoms with Gasteiger partial charge in [0, 0.05) is 12.5 Å². The molecule has 0 aromatic heterocycles. The summed E-state index contributed by atoms with van der Waals surface area (Å²) in [5.74, 6) is 1.42. The first-order valence-corrected chi connectivity index (χ1v) is 6.16. The fraction of sp³-hybridized carbons (Fsp3) is 0.917. The van der Waals surface area contributed by atoms with E-state index in [9.17, 15) is 9.90 Å². The number of fused-ring (bicyclic) bond motifs is 1.